The number of aromatic nitrogens is 3. The highest BCUT2D eigenvalue weighted by molar-refractivity contribution is 5.94. The van der Waals surface area contributed by atoms with Gasteiger partial charge in [-0.25, -0.2) is 4.98 Å². The molecular formula is C22H22N4O2. The van der Waals surface area contributed by atoms with Gasteiger partial charge in [-0.15, -0.1) is 0 Å². The molecule has 0 radical (unpaired) electrons. The van der Waals surface area contributed by atoms with Crippen LogP contribution < -0.4 is 5.56 Å². The maximum absolute atomic E-state index is 13.2. The van der Waals surface area contributed by atoms with E-state index in [1.165, 1.54) is 17.3 Å². The average molecular weight is 374 g/mol. The molecule has 0 saturated carbocycles. The zero-order valence-electron chi connectivity index (χ0n) is 15.8. The first-order chi connectivity index (χ1) is 13.7. The number of amides is 1. The van der Waals surface area contributed by atoms with Crippen molar-refractivity contribution in [1.82, 2.24) is 19.9 Å². The van der Waals surface area contributed by atoms with Crippen molar-refractivity contribution in [3.63, 3.8) is 0 Å². The number of nitrogens with one attached hydrogen (secondary N) is 1. The minimum absolute atomic E-state index is 0.0692. The number of nitrogens with zero attached hydrogens (tertiary/aromatic N) is 3. The Bertz CT molecular complexity index is 1020. The van der Waals surface area contributed by atoms with Crippen LogP contribution in [0.2, 0.25) is 0 Å². The van der Waals surface area contributed by atoms with Gasteiger partial charge in [0.05, 0.1) is 0 Å². The Morgan fingerprint density at radius 3 is 2.43 bits per heavy atom. The number of carbonyl (C=O) groups excluding carboxylic acids is 1. The van der Waals surface area contributed by atoms with Gasteiger partial charge in [-0.05, 0) is 42.5 Å². The largest absolute Gasteiger partial charge is 0.335 e. The zero-order valence-corrected chi connectivity index (χ0v) is 15.8. The minimum atomic E-state index is -0.433. The molecule has 3 aromatic rings. The summed E-state index contributed by atoms with van der Waals surface area (Å²) in [6, 6.07) is 13.7. The van der Waals surface area contributed by atoms with Crippen LogP contribution in [-0.2, 0) is 12.8 Å². The Kier molecular flexibility index (Phi) is 5.02. The van der Waals surface area contributed by atoms with E-state index in [2.05, 4.69) is 27.1 Å². The van der Waals surface area contributed by atoms with E-state index in [-0.39, 0.29) is 17.5 Å². The van der Waals surface area contributed by atoms with E-state index in [0.29, 0.717) is 18.1 Å². The number of benzene rings is 1. The fourth-order valence-corrected chi connectivity index (χ4v) is 3.78. The molecule has 4 rings (SSSR count). The van der Waals surface area contributed by atoms with Gasteiger partial charge in [0, 0.05) is 25.0 Å². The van der Waals surface area contributed by atoms with Gasteiger partial charge in [0.15, 0.2) is 5.82 Å². The van der Waals surface area contributed by atoms with Crippen LogP contribution in [0.5, 0.6) is 0 Å². The molecule has 0 saturated heterocycles. The van der Waals surface area contributed by atoms with Gasteiger partial charge in [0.2, 0.25) is 0 Å². The van der Waals surface area contributed by atoms with Gasteiger partial charge in [0.1, 0.15) is 11.3 Å². The van der Waals surface area contributed by atoms with Crippen molar-refractivity contribution in [2.45, 2.75) is 32.2 Å². The third-order valence-electron chi connectivity index (χ3n) is 5.13. The second-order valence-corrected chi connectivity index (χ2v) is 7.02. The average Bonchev–Trinajstić information content (AvgIpc) is 3.16. The third kappa shape index (κ3) is 3.45. The summed E-state index contributed by atoms with van der Waals surface area (Å²) < 4.78 is 0. The lowest BCUT2D eigenvalue weighted by atomic mass is 10.1. The molecule has 0 aliphatic heterocycles. The van der Waals surface area contributed by atoms with E-state index in [4.69, 9.17) is 0 Å². The van der Waals surface area contributed by atoms with Crippen molar-refractivity contribution >= 4 is 5.91 Å². The highest BCUT2D eigenvalue weighted by Crippen LogP contribution is 2.26. The Labute approximate surface area is 163 Å². The molecule has 0 bridgehead atoms. The van der Waals surface area contributed by atoms with Crippen LogP contribution >= 0.6 is 0 Å². The lowest BCUT2D eigenvalue weighted by Crippen LogP contribution is -2.43. The summed E-state index contributed by atoms with van der Waals surface area (Å²) in [6.07, 6.45) is 5.47. The Balaban J connectivity index is 1.61. The van der Waals surface area contributed by atoms with Crippen molar-refractivity contribution in [1.29, 1.82) is 0 Å². The lowest BCUT2D eigenvalue weighted by Gasteiger charge is -2.28. The van der Waals surface area contributed by atoms with Gasteiger partial charge in [0.25, 0.3) is 11.5 Å². The summed E-state index contributed by atoms with van der Waals surface area (Å²) in [5.41, 5.74) is 2.76. The molecule has 1 aliphatic carbocycles. The second-order valence-electron chi connectivity index (χ2n) is 7.02. The van der Waals surface area contributed by atoms with Crippen LogP contribution in [0.4, 0.5) is 0 Å². The van der Waals surface area contributed by atoms with E-state index in [1.807, 2.05) is 30.0 Å². The fourth-order valence-electron chi connectivity index (χ4n) is 3.78. The Hall–Kier alpha value is -3.28. The van der Waals surface area contributed by atoms with Crippen molar-refractivity contribution in [2.75, 3.05) is 6.54 Å². The van der Waals surface area contributed by atoms with E-state index >= 15 is 0 Å². The monoisotopic (exact) mass is 374 g/mol. The zero-order chi connectivity index (χ0) is 19.5. The summed E-state index contributed by atoms with van der Waals surface area (Å²) in [6.45, 7) is 2.65. The van der Waals surface area contributed by atoms with E-state index in [1.54, 1.807) is 18.3 Å². The quantitative estimate of drug-likeness (QED) is 0.745. The number of fused-ring (bicyclic) bond motifs is 1. The molecule has 6 nitrogen and oxygen atoms in total. The second kappa shape index (κ2) is 7.76. The first kappa shape index (κ1) is 18.1. The number of rotatable bonds is 5. The van der Waals surface area contributed by atoms with Crippen LogP contribution in [0.3, 0.4) is 0 Å². The lowest BCUT2D eigenvalue weighted by molar-refractivity contribution is 0.0682. The molecule has 0 fully saturated rings. The summed E-state index contributed by atoms with van der Waals surface area (Å²) >= 11 is 0. The van der Waals surface area contributed by atoms with Crippen LogP contribution in [0, 0.1) is 0 Å². The normalized spacial score (nSPS) is 13.3. The van der Waals surface area contributed by atoms with E-state index in [0.717, 1.165) is 19.3 Å². The van der Waals surface area contributed by atoms with E-state index < -0.39 is 5.56 Å². The smallest absolute Gasteiger partial charge is 0.264 e. The number of H-pyrrole nitrogens is 1. The van der Waals surface area contributed by atoms with Crippen molar-refractivity contribution < 1.29 is 4.79 Å². The molecule has 1 aliphatic rings. The highest BCUT2D eigenvalue weighted by Gasteiger charge is 2.31. The minimum Gasteiger partial charge on any atom is -0.335 e. The number of hydrogen-bond acceptors (Lipinski definition) is 4. The first-order valence-electron chi connectivity index (χ1n) is 9.56. The van der Waals surface area contributed by atoms with Crippen LogP contribution in [-0.4, -0.2) is 38.3 Å². The molecule has 0 unspecified atom stereocenters. The van der Waals surface area contributed by atoms with Crippen molar-refractivity contribution in [3.05, 3.63) is 81.9 Å². The first-order valence-corrected chi connectivity index (χ1v) is 9.56. The van der Waals surface area contributed by atoms with Crippen molar-refractivity contribution in [3.8, 4) is 11.5 Å². The molecule has 2 aromatic heterocycles. The molecule has 6 heteroatoms. The highest BCUT2D eigenvalue weighted by atomic mass is 16.2. The standard InChI is InChI=1S/C22H22N4O2/c1-2-11-26(17-12-15-7-3-4-8-16(15)13-17)22(28)18-14-24-20(25-21(18)27)19-9-5-6-10-23-19/h3-10,14,17H,2,11-13H2,1H3,(H,24,25,27). The van der Waals surface area contributed by atoms with Crippen LogP contribution in [0.15, 0.2) is 59.7 Å². The predicted octanol–water partition coefficient (Wildman–Crippen LogP) is 2.85. The summed E-state index contributed by atoms with van der Waals surface area (Å²) in [5, 5.41) is 0. The number of carbonyl (C=O) groups is 1. The van der Waals surface area contributed by atoms with Gasteiger partial charge in [-0.2, -0.15) is 0 Å². The summed E-state index contributed by atoms with van der Waals surface area (Å²) in [5.74, 6) is 0.0958. The van der Waals surface area contributed by atoms with E-state index in [9.17, 15) is 9.59 Å². The fraction of sp³-hybridized carbons (Fsp3) is 0.273. The molecule has 0 atom stereocenters. The Morgan fingerprint density at radius 2 is 1.82 bits per heavy atom. The Morgan fingerprint density at radius 1 is 1.11 bits per heavy atom. The topological polar surface area (TPSA) is 79.0 Å². The van der Waals surface area contributed by atoms with Crippen LogP contribution in [0.1, 0.15) is 34.8 Å². The van der Waals surface area contributed by atoms with Crippen molar-refractivity contribution in [2.24, 2.45) is 0 Å². The van der Waals surface area contributed by atoms with Gasteiger partial charge in [-0.3, -0.25) is 14.6 Å². The summed E-state index contributed by atoms with van der Waals surface area (Å²) in [4.78, 5) is 38.8. The van der Waals surface area contributed by atoms with Crippen LogP contribution in [0.25, 0.3) is 11.5 Å². The molecule has 28 heavy (non-hydrogen) atoms. The maximum atomic E-state index is 13.2. The molecular weight excluding hydrogens is 352 g/mol. The van der Waals surface area contributed by atoms with Gasteiger partial charge >= 0.3 is 0 Å². The molecule has 1 aromatic carbocycles. The maximum Gasteiger partial charge on any atom is 0.264 e. The third-order valence-corrected chi connectivity index (χ3v) is 5.13. The van der Waals surface area contributed by atoms with Gasteiger partial charge < -0.3 is 9.88 Å². The molecule has 1 amide bonds. The summed E-state index contributed by atoms with van der Waals surface area (Å²) in [7, 11) is 0. The molecule has 142 valence electrons. The molecule has 0 spiro atoms. The number of aromatic amines is 1. The number of pyridine rings is 1. The SMILES string of the molecule is CCCN(C(=O)c1cnc(-c2ccccn2)[nH]c1=O)C1Cc2ccccc2C1. The number of hydrogen-bond donors (Lipinski definition) is 1. The predicted molar refractivity (Wildman–Crippen MR) is 107 cm³/mol. The van der Waals surface area contributed by atoms with Gasteiger partial charge in [-0.1, -0.05) is 37.3 Å². The molecule has 2 heterocycles. The molecule has 1 N–H and O–H groups in total.